The van der Waals surface area contributed by atoms with Crippen LogP contribution in [0.3, 0.4) is 0 Å². The Bertz CT molecular complexity index is 1520. The van der Waals surface area contributed by atoms with Gasteiger partial charge in [-0.05, 0) is 52.3 Å². The third-order valence-electron chi connectivity index (χ3n) is 7.38. The molecule has 1 aliphatic heterocycles. The fourth-order valence-corrected chi connectivity index (χ4v) is 7.88. The van der Waals surface area contributed by atoms with Crippen molar-refractivity contribution in [3.8, 4) is 6.07 Å². The highest BCUT2D eigenvalue weighted by Gasteiger charge is 2.48. The molecular weight excluding hydrogens is 634 g/mol. The van der Waals surface area contributed by atoms with E-state index >= 15 is 0 Å². The fraction of sp³-hybridized carbons (Fsp3) is 0.548. The first-order chi connectivity index (χ1) is 21.9. The molecule has 3 rings (SSSR count). The summed E-state index contributed by atoms with van der Waals surface area (Å²) in [5, 5.41) is 9.17. The molecule has 0 spiro atoms. The quantitative estimate of drug-likeness (QED) is 0.159. The first kappa shape index (κ1) is 37.7. The Morgan fingerprint density at radius 3 is 2.35 bits per heavy atom. The lowest BCUT2D eigenvalue weighted by Crippen LogP contribution is -2.45. The molecule has 0 amide bonds. The van der Waals surface area contributed by atoms with E-state index in [1.54, 1.807) is 18.2 Å². The summed E-state index contributed by atoms with van der Waals surface area (Å²) >= 11 is 0. The number of carbonyl (C=O) groups is 1. The highest BCUT2D eigenvalue weighted by atomic mass is 31.2. The van der Waals surface area contributed by atoms with Crippen molar-refractivity contribution in [1.82, 2.24) is 13.8 Å². The molecular formula is C31H44N4O9P2. The van der Waals surface area contributed by atoms with E-state index in [4.69, 9.17) is 22.8 Å². The summed E-state index contributed by atoms with van der Waals surface area (Å²) in [5.41, 5.74) is -1.46. The Morgan fingerprint density at radius 2 is 1.78 bits per heavy atom. The van der Waals surface area contributed by atoms with Gasteiger partial charge in [0, 0.05) is 55.9 Å². The third-order valence-corrected chi connectivity index (χ3v) is 11.1. The van der Waals surface area contributed by atoms with Crippen LogP contribution in [0.1, 0.15) is 70.5 Å². The summed E-state index contributed by atoms with van der Waals surface area (Å²) in [7, 11) is -2.83. The number of ether oxygens (including phenoxy) is 1. The van der Waals surface area contributed by atoms with E-state index in [0.717, 1.165) is 6.07 Å². The highest BCUT2D eigenvalue weighted by molar-refractivity contribution is 7.57. The molecule has 252 valence electrons. The van der Waals surface area contributed by atoms with Crippen molar-refractivity contribution in [2.24, 2.45) is 5.92 Å². The minimum atomic E-state index is -3.61. The van der Waals surface area contributed by atoms with E-state index in [-0.39, 0.29) is 30.7 Å². The molecule has 1 aromatic heterocycles. The maximum absolute atomic E-state index is 13.9. The van der Waals surface area contributed by atoms with Crippen LogP contribution in [-0.2, 0) is 27.4 Å². The molecule has 1 aromatic carbocycles. The van der Waals surface area contributed by atoms with Crippen LogP contribution < -0.4 is 11.2 Å². The second-order valence-electron chi connectivity index (χ2n) is 11.2. The molecule has 46 heavy (non-hydrogen) atoms. The van der Waals surface area contributed by atoms with Crippen molar-refractivity contribution >= 4 is 22.0 Å². The van der Waals surface area contributed by atoms with Crippen LogP contribution in [0.4, 0.5) is 0 Å². The monoisotopic (exact) mass is 678 g/mol. The van der Waals surface area contributed by atoms with Gasteiger partial charge in [-0.2, -0.15) is 9.83 Å². The number of rotatable bonds is 16. The van der Waals surface area contributed by atoms with Crippen LogP contribution in [0.15, 0.2) is 64.1 Å². The van der Waals surface area contributed by atoms with E-state index in [9.17, 15) is 24.2 Å². The van der Waals surface area contributed by atoms with Gasteiger partial charge in [-0.3, -0.25) is 18.7 Å². The molecule has 1 fully saturated rings. The third kappa shape index (κ3) is 8.97. The number of nitrogens with zero attached hydrogens (tertiary/aromatic N) is 4. The number of carbonyl (C=O) groups excluding carboxylic acids is 1. The Labute approximate surface area is 271 Å². The molecule has 5 atom stereocenters. The number of nitriles is 1. The Balaban J connectivity index is 2.16. The van der Waals surface area contributed by atoms with E-state index in [1.807, 2.05) is 34.6 Å². The Kier molecular flexibility index (Phi) is 14.2. The second-order valence-corrected chi connectivity index (χ2v) is 14.7. The molecule has 0 N–H and O–H groups in total. The zero-order valence-electron chi connectivity index (χ0n) is 27.3. The van der Waals surface area contributed by atoms with Crippen LogP contribution in [-0.4, -0.2) is 64.8 Å². The number of benzene rings is 1. The SMILES string of the molecule is CCC[C@@H]1[C@H](OP(OCCC#N)N(C(C)C)C(C)C)[C@@H](/C=C/P(=O)(OC)OC)O[C@H]1n1ccc(=O)n(C(=O)c2ccccc2)c1=O. The summed E-state index contributed by atoms with van der Waals surface area (Å²) in [6.07, 6.45) is 1.61. The predicted octanol–water partition coefficient (Wildman–Crippen LogP) is 5.67. The second kappa shape index (κ2) is 17.4. The van der Waals surface area contributed by atoms with Gasteiger partial charge in [0.2, 0.25) is 0 Å². The van der Waals surface area contributed by atoms with E-state index in [0.29, 0.717) is 17.4 Å². The molecule has 0 bridgehead atoms. The molecule has 0 radical (unpaired) electrons. The lowest BCUT2D eigenvalue weighted by molar-refractivity contribution is -0.00342. The maximum atomic E-state index is 13.9. The largest absolute Gasteiger partial charge is 0.353 e. The van der Waals surface area contributed by atoms with Crippen LogP contribution in [0.5, 0.6) is 0 Å². The molecule has 2 aromatic rings. The summed E-state index contributed by atoms with van der Waals surface area (Å²) in [5.74, 6) is 0.0355. The maximum Gasteiger partial charge on any atom is 0.353 e. The van der Waals surface area contributed by atoms with Crippen molar-refractivity contribution in [2.45, 2.75) is 84.4 Å². The minimum absolute atomic E-state index is 0.0160. The van der Waals surface area contributed by atoms with Crippen LogP contribution in [0.2, 0.25) is 0 Å². The minimum Gasteiger partial charge on any atom is -0.347 e. The molecule has 0 saturated carbocycles. The zero-order valence-corrected chi connectivity index (χ0v) is 29.1. The normalized spacial score (nSPS) is 21.0. The van der Waals surface area contributed by atoms with Crippen molar-refractivity contribution in [1.29, 1.82) is 5.26 Å². The average molecular weight is 679 g/mol. The van der Waals surface area contributed by atoms with Crippen molar-refractivity contribution in [3.63, 3.8) is 0 Å². The number of aromatic nitrogens is 2. The number of hydrogen-bond acceptors (Lipinski definition) is 11. The van der Waals surface area contributed by atoms with E-state index in [2.05, 4.69) is 10.7 Å². The number of hydrogen-bond donors (Lipinski definition) is 0. The van der Waals surface area contributed by atoms with Crippen molar-refractivity contribution < 1.29 is 32.2 Å². The molecule has 1 saturated heterocycles. The standard InChI is InChI=1S/C31H44N4O9P2/c1-8-13-25-28(44-45(42-20-12-18-32)35(22(2)3)23(4)5)26(17-21-46(39,40-6)41-7)43-30(25)33-19-16-27(36)34(31(33)38)29(37)24-14-10-9-11-15-24/h9-11,14-17,19,21-23,25-26,28,30H,8,12-13,20H2,1-7H3/b21-17+/t25-,26-,28+,30-,45?/m1/s1. The van der Waals surface area contributed by atoms with Crippen LogP contribution >= 0.6 is 16.1 Å². The van der Waals surface area contributed by atoms with Crippen LogP contribution in [0.25, 0.3) is 0 Å². The fourth-order valence-electron chi connectivity index (χ4n) is 5.32. The van der Waals surface area contributed by atoms with Crippen LogP contribution in [0, 0.1) is 17.2 Å². The molecule has 1 unspecified atom stereocenters. The lowest BCUT2D eigenvalue weighted by Gasteiger charge is -2.38. The molecule has 15 heteroatoms. The molecule has 1 aliphatic rings. The van der Waals surface area contributed by atoms with E-state index in [1.165, 1.54) is 49.0 Å². The average Bonchev–Trinajstić information content (AvgIpc) is 3.36. The van der Waals surface area contributed by atoms with Gasteiger partial charge < -0.3 is 22.8 Å². The van der Waals surface area contributed by atoms with Gasteiger partial charge >= 0.3 is 13.3 Å². The Morgan fingerprint density at radius 1 is 1.13 bits per heavy atom. The van der Waals surface area contributed by atoms with Crippen molar-refractivity contribution in [2.75, 3.05) is 20.8 Å². The summed E-state index contributed by atoms with van der Waals surface area (Å²) in [6, 6.07) is 11.3. The van der Waals surface area contributed by atoms with Gasteiger partial charge in [0.15, 0.2) is 0 Å². The van der Waals surface area contributed by atoms with Gasteiger partial charge in [-0.1, -0.05) is 31.5 Å². The zero-order chi connectivity index (χ0) is 34.0. The van der Waals surface area contributed by atoms with Gasteiger partial charge in [0.1, 0.15) is 18.4 Å². The first-order valence-electron chi connectivity index (χ1n) is 15.2. The van der Waals surface area contributed by atoms with Gasteiger partial charge in [0.05, 0.1) is 19.1 Å². The molecule has 2 heterocycles. The van der Waals surface area contributed by atoms with Gasteiger partial charge in [-0.15, -0.1) is 0 Å². The molecule has 0 aliphatic carbocycles. The smallest absolute Gasteiger partial charge is 0.347 e. The summed E-state index contributed by atoms with van der Waals surface area (Å²) < 4.78 is 46.5. The predicted molar refractivity (Wildman–Crippen MR) is 174 cm³/mol. The van der Waals surface area contributed by atoms with Crippen molar-refractivity contribution in [3.05, 3.63) is 80.9 Å². The van der Waals surface area contributed by atoms with Gasteiger partial charge in [-0.25, -0.2) is 9.46 Å². The summed E-state index contributed by atoms with van der Waals surface area (Å²) in [6.45, 7) is 10.2. The lowest BCUT2D eigenvalue weighted by atomic mass is 9.94. The Hall–Kier alpha value is -2.78. The first-order valence-corrected chi connectivity index (χ1v) is 17.9. The topological polar surface area (TPSA) is 151 Å². The molecule has 13 nitrogen and oxygen atoms in total. The highest BCUT2D eigenvalue weighted by Crippen LogP contribution is 2.53. The van der Waals surface area contributed by atoms with E-state index < -0.39 is 57.6 Å². The summed E-state index contributed by atoms with van der Waals surface area (Å²) in [4.78, 5) is 40.0. The van der Waals surface area contributed by atoms with Gasteiger partial charge in [0.25, 0.3) is 20.0 Å².